The topological polar surface area (TPSA) is 51.2 Å². The molecule has 0 aliphatic carbocycles. The van der Waals surface area contributed by atoms with Gasteiger partial charge < -0.3 is 9.80 Å². The molecule has 0 saturated carbocycles. The van der Waals surface area contributed by atoms with Crippen molar-refractivity contribution < 1.29 is 18.1 Å². The zero-order valence-corrected chi connectivity index (χ0v) is 15.3. The van der Waals surface area contributed by atoms with Crippen molar-refractivity contribution in [3.63, 3.8) is 0 Å². The summed E-state index contributed by atoms with van der Waals surface area (Å²) in [7, 11) is -1.63. The number of phosphoric ester groups is 1. The van der Waals surface area contributed by atoms with Crippen molar-refractivity contribution >= 4 is 7.82 Å². The van der Waals surface area contributed by atoms with Crippen LogP contribution in [0.3, 0.4) is 0 Å². The lowest BCUT2D eigenvalue weighted by molar-refractivity contribution is -0.0448. The molecule has 1 rings (SSSR count). The summed E-state index contributed by atoms with van der Waals surface area (Å²) in [5, 5.41) is 0. The van der Waals surface area contributed by atoms with Crippen LogP contribution in [-0.4, -0.2) is 43.0 Å². The Hall–Kier alpha value is -0.550. The van der Waals surface area contributed by atoms with E-state index in [1.807, 2.05) is 29.2 Å². The smallest absolute Gasteiger partial charge is 0.337 e. The first-order chi connectivity index (χ1) is 10.6. The van der Waals surface area contributed by atoms with E-state index in [1.165, 1.54) is 25.7 Å². The van der Waals surface area contributed by atoms with Crippen LogP contribution in [0.1, 0.15) is 52.9 Å². The average molecular weight is 334 g/mol. The van der Waals surface area contributed by atoms with Gasteiger partial charge in [-0.15, -0.1) is 0 Å². The van der Waals surface area contributed by atoms with Gasteiger partial charge in [0.25, 0.3) is 0 Å². The van der Waals surface area contributed by atoms with Crippen molar-refractivity contribution in [2.75, 3.05) is 26.8 Å². The highest BCUT2D eigenvalue weighted by atomic mass is 31.2. The molecule has 6 nitrogen and oxygen atoms in total. The van der Waals surface area contributed by atoms with Gasteiger partial charge in [0.2, 0.25) is 6.35 Å². The standard InChI is InChI=1S/C15H31N2O4P/c1-5-8-9-10-11-12-17-14-13-16(4)15(17)21-22(18,19-6-2)20-7-3/h13-15H,5-12H2,1-4H3. The fourth-order valence-electron chi connectivity index (χ4n) is 2.32. The molecule has 0 N–H and O–H groups in total. The van der Waals surface area contributed by atoms with Crippen LogP contribution in [-0.2, 0) is 18.1 Å². The van der Waals surface area contributed by atoms with Crippen molar-refractivity contribution in [1.82, 2.24) is 9.80 Å². The molecule has 130 valence electrons. The van der Waals surface area contributed by atoms with Crippen molar-refractivity contribution in [1.29, 1.82) is 0 Å². The Bertz CT molecular complexity index is 369. The van der Waals surface area contributed by atoms with Crippen molar-refractivity contribution in [2.24, 2.45) is 0 Å². The zero-order chi connectivity index (χ0) is 16.4. The van der Waals surface area contributed by atoms with Gasteiger partial charge in [0.05, 0.1) is 13.2 Å². The van der Waals surface area contributed by atoms with Crippen LogP contribution in [0.2, 0.25) is 0 Å². The molecule has 1 aliphatic heterocycles. The third kappa shape index (κ3) is 6.29. The monoisotopic (exact) mass is 334 g/mol. The van der Waals surface area contributed by atoms with E-state index in [1.54, 1.807) is 13.8 Å². The summed E-state index contributed by atoms with van der Waals surface area (Å²) < 4.78 is 28.6. The van der Waals surface area contributed by atoms with Crippen molar-refractivity contribution in [3.8, 4) is 0 Å². The molecule has 0 amide bonds. The highest BCUT2D eigenvalue weighted by Gasteiger charge is 2.35. The molecule has 1 heterocycles. The Morgan fingerprint density at radius 1 is 1.00 bits per heavy atom. The number of hydrogen-bond donors (Lipinski definition) is 0. The number of unbranched alkanes of at least 4 members (excludes halogenated alkanes) is 4. The maximum absolute atomic E-state index is 12.5. The summed E-state index contributed by atoms with van der Waals surface area (Å²) >= 11 is 0. The van der Waals surface area contributed by atoms with Crippen LogP contribution >= 0.6 is 7.82 Å². The lowest BCUT2D eigenvalue weighted by atomic mass is 10.1. The third-order valence-electron chi connectivity index (χ3n) is 3.44. The average Bonchev–Trinajstić information content (AvgIpc) is 2.80. The Morgan fingerprint density at radius 3 is 2.23 bits per heavy atom. The molecule has 7 heteroatoms. The van der Waals surface area contributed by atoms with Crippen LogP contribution in [0.25, 0.3) is 0 Å². The molecule has 0 aromatic carbocycles. The second kappa shape index (κ2) is 10.3. The van der Waals surface area contributed by atoms with Crippen LogP contribution in [0.15, 0.2) is 12.4 Å². The first kappa shape index (κ1) is 19.5. The predicted octanol–water partition coefficient (Wildman–Crippen LogP) is 4.16. The van der Waals surface area contributed by atoms with Crippen LogP contribution in [0, 0.1) is 0 Å². The first-order valence-corrected chi connectivity index (χ1v) is 9.75. The van der Waals surface area contributed by atoms with Gasteiger partial charge in [-0.05, 0) is 20.3 Å². The van der Waals surface area contributed by atoms with E-state index in [0.29, 0.717) is 0 Å². The minimum absolute atomic E-state index is 0.290. The quantitative estimate of drug-likeness (QED) is 0.395. The molecule has 1 unspecified atom stereocenters. The fraction of sp³-hybridized carbons (Fsp3) is 0.867. The third-order valence-corrected chi connectivity index (χ3v) is 5.04. The molecule has 0 aromatic heterocycles. The molecule has 22 heavy (non-hydrogen) atoms. The zero-order valence-electron chi connectivity index (χ0n) is 14.4. The summed E-state index contributed by atoms with van der Waals surface area (Å²) in [5.74, 6) is 0. The maximum atomic E-state index is 12.5. The van der Waals surface area contributed by atoms with Crippen LogP contribution in [0.4, 0.5) is 0 Å². The van der Waals surface area contributed by atoms with E-state index < -0.39 is 14.2 Å². The molecule has 0 fully saturated rings. The van der Waals surface area contributed by atoms with Crippen molar-refractivity contribution in [3.05, 3.63) is 12.4 Å². The second-order valence-electron chi connectivity index (χ2n) is 5.33. The summed E-state index contributed by atoms with van der Waals surface area (Å²) in [6.07, 6.45) is 9.51. The van der Waals surface area contributed by atoms with Crippen LogP contribution < -0.4 is 0 Å². The largest absolute Gasteiger partial charge is 0.478 e. The summed E-state index contributed by atoms with van der Waals surface area (Å²) in [6.45, 7) is 7.21. The van der Waals surface area contributed by atoms with E-state index in [-0.39, 0.29) is 13.2 Å². The van der Waals surface area contributed by atoms with E-state index in [4.69, 9.17) is 13.6 Å². The van der Waals surface area contributed by atoms with E-state index in [0.717, 1.165) is 13.0 Å². The van der Waals surface area contributed by atoms with E-state index in [2.05, 4.69) is 6.92 Å². The number of nitrogens with zero attached hydrogens (tertiary/aromatic N) is 2. The van der Waals surface area contributed by atoms with Gasteiger partial charge in [-0.3, -0.25) is 9.05 Å². The summed E-state index contributed by atoms with van der Waals surface area (Å²) in [5.41, 5.74) is 0. The molecular weight excluding hydrogens is 303 g/mol. The number of rotatable bonds is 12. The molecule has 0 spiro atoms. The molecule has 0 bridgehead atoms. The Labute approximate surface area is 135 Å². The first-order valence-electron chi connectivity index (χ1n) is 8.29. The lowest BCUT2D eigenvalue weighted by Gasteiger charge is -2.32. The maximum Gasteiger partial charge on any atom is 0.478 e. The minimum Gasteiger partial charge on any atom is -0.337 e. The van der Waals surface area contributed by atoms with Gasteiger partial charge in [-0.2, -0.15) is 0 Å². The number of phosphoric acid groups is 1. The van der Waals surface area contributed by atoms with E-state index >= 15 is 0 Å². The second-order valence-corrected chi connectivity index (χ2v) is 6.95. The summed E-state index contributed by atoms with van der Waals surface area (Å²) in [6, 6.07) is 0. The van der Waals surface area contributed by atoms with Gasteiger partial charge in [-0.1, -0.05) is 32.6 Å². The Kier molecular flexibility index (Phi) is 9.10. The summed E-state index contributed by atoms with van der Waals surface area (Å²) in [4.78, 5) is 3.91. The SMILES string of the molecule is CCCCCCCN1C=CN(C)C1OP(=O)(OCC)OCC. The van der Waals surface area contributed by atoms with Gasteiger partial charge in [0, 0.05) is 26.0 Å². The van der Waals surface area contributed by atoms with Gasteiger partial charge in [0.15, 0.2) is 0 Å². The molecular formula is C15H31N2O4P. The van der Waals surface area contributed by atoms with Crippen molar-refractivity contribution in [2.45, 2.75) is 59.2 Å². The minimum atomic E-state index is -3.52. The Balaban J connectivity index is 2.52. The molecule has 1 atom stereocenters. The van der Waals surface area contributed by atoms with E-state index in [9.17, 15) is 4.57 Å². The highest BCUT2D eigenvalue weighted by Crippen LogP contribution is 2.51. The van der Waals surface area contributed by atoms with Gasteiger partial charge in [-0.25, -0.2) is 9.09 Å². The Morgan fingerprint density at radius 2 is 1.64 bits per heavy atom. The van der Waals surface area contributed by atoms with Gasteiger partial charge >= 0.3 is 7.82 Å². The molecule has 0 radical (unpaired) electrons. The number of hydrogen-bond acceptors (Lipinski definition) is 6. The highest BCUT2D eigenvalue weighted by molar-refractivity contribution is 7.48. The molecule has 0 aromatic rings. The normalized spacial score (nSPS) is 18.5. The molecule has 1 aliphatic rings. The van der Waals surface area contributed by atoms with Gasteiger partial charge in [0.1, 0.15) is 0 Å². The fourth-order valence-corrected chi connectivity index (χ4v) is 3.65. The molecule has 0 saturated heterocycles. The van der Waals surface area contributed by atoms with Crippen LogP contribution in [0.5, 0.6) is 0 Å². The predicted molar refractivity (Wildman–Crippen MR) is 88.1 cm³/mol. The lowest BCUT2D eigenvalue weighted by Crippen LogP contribution is -2.39.